The first-order chi connectivity index (χ1) is 11.5. The van der Waals surface area contributed by atoms with Gasteiger partial charge in [0.1, 0.15) is 0 Å². The highest BCUT2D eigenvalue weighted by Gasteiger charge is 2.57. The van der Waals surface area contributed by atoms with Crippen molar-refractivity contribution >= 4 is 10.8 Å². The Morgan fingerprint density at radius 3 is 1.15 bits per heavy atom. The molecule has 0 spiro atoms. The number of phenols is 2. The average Bonchev–Trinajstić information content (AvgIpc) is 2.45. The first kappa shape index (κ1) is 20.1. The van der Waals surface area contributed by atoms with E-state index in [-0.39, 0.29) is 13.8 Å². The highest BCUT2D eigenvalue weighted by Crippen LogP contribution is 2.54. The van der Waals surface area contributed by atoms with Crippen molar-refractivity contribution in [2.75, 3.05) is 0 Å². The van der Waals surface area contributed by atoms with E-state index in [0.717, 1.165) is 12.1 Å². The Kier molecular flexibility index (Phi) is 4.37. The second-order valence-electron chi connectivity index (χ2n) is 6.13. The highest BCUT2D eigenvalue weighted by atomic mass is 19.4. The monoisotopic (exact) mass is 384 g/mol. The number of halogens is 6. The predicted octanol–water partition coefficient (Wildman–Crippen LogP) is 3.79. The van der Waals surface area contributed by atoms with Crippen molar-refractivity contribution in [2.24, 2.45) is 0 Å². The van der Waals surface area contributed by atoms with E-state index in [9.17, 15) is 46.8 Å². The van der Waals surface area contributed by atoms with Crippen molar-refractivity contribution in [3.8, 4) is 11.5 Å². The maximum absolute atomic E-state index is 13.2. The molecule has 10 heteroatoms. The average molecular weight is 384 g/mol. The maximum atomic E-state index is 13.2. The number of aliphatic hydroxyl groups is 2. The van der Waals surface area contributed by atoms with Crippen LogP contribution in [0.2, 0.25) is 0 Å². The Morgan fingerprint density at radius 1 is 0.654 bits per heavy atom. The number of rotatable bonds is 2. The topological polar surface area (TPSA) is 80.9 Å². The molecule has 0 heterocycles. The summed E-state index contributed by atoms with van der Waals surface area (Å²) in [5.41, 5.74) is -9.81. The molecule has 4 nitrogen and oxygen atoms in total. The molecule has 0 aliphatic rings. The van der Waals surface area contributed by atoms with Crippen molar-refractivity contribution in [2.45, 2.75) is 37.4 Å². The van der Waals surface area contributed by atoms with Crippen LogP contribution in [0.25, 0.3) is 10.8 Å². The molecule has 0 aromatic heterocycles. The lowest BCUT2D eigenvalue weighted by atomic mass is 9.82. The van der Waals surface area contributed by atoms with E-state index in [4.69, 9.17) is 0 Å². The molecule has 0 bridgehead atoms. The molecule has 2 atom stereocenters. The molecule has 26 heavy (non-hydrogen) atoms. The fraction of sp³-hybridized carbons (Fsp3) is 0.375. The minimum Gasteiger partial charge on any atom is -0.504 e. The summed E-state index contributed by atoms with van der Waals surface area (Å²) in [6.45, 7) is 0.574. The van der Waals surface area contributed by atoms with Crippen molar-refractivity contribution < 1.29 is 46.8 Å². The first-order valence-corrected chi connectivity index (χ1v) is 7.11. The molecule has 4 N–H and O–H groups in total. The van der Waals surface area contributed by atoms with E-state index in [1.54, 1.807) is 0 Å². The van der Waals surface area contributed by atoms with Gasteiger partial charge in [-0.2, -0.15) is 26.3 Å². The molecular formula is C16H14F6O4. The molecule has 0 fully saturated rings. The van der Waals surface area contributed by atoms with E-state index in [1.807, 2.05) is 0 Å². The largest absolute Gasteiger partial charge is 0.504 e. The standard InChI is InChI=1S/C16H14F6O4/c1-13(25,15(17,18)19)9-7-5-3-4-6-8(7)10(12(24)11(9)23)14(2,26)16(20,21)22/h3-6,23-26H,1-2H3. The minimum atomic E-state index is -5.31. The van der Waals surface area contributed by atoms with Gasteiger partial charge in [0.2, 0.25) is 0 Å². The number of aromatic hydroxyl groups is 2. The Hall–Kier alpha value is -2.20. The van der Waals surface area contributed by atoms with Crippen LogP contribution in [-0.2, 0) is 11.2 Å². The predicted molar refractivity (Wildman–Crippen MR) is 78.5 cm³/mol. The Balaban J connectivity index is 3.06. The number of phenolic OH excluding ortho intramolecular Hbond substituents is 2. The molecule has 144 valence electrons. The minimum absolute atomic E-state index is 0.287. The summed E-state index contributed by atoms with van der Waals surface area (Å²) in [7, 11) is 0. The fourth-order valence-electron chi connectivity index (χ4n) is 2.68. The van der Waals surface area contributed by atoms with Gasteiger partial charge in [-0.05, 0) is 24.6 Å². The number of hydrogen-bond donors (Lipinski definition) is 4. The van der Waals surface area contributed by atoms with Crippen LogP contribution in [-0.4, -0.2) is 32.8 Å². The van der Waals surface area contributed by atoms with Gasteiger partial charge in [0, 0.05) is 11.1 Å². The molecule has 0 saturated carbocycles. The van der Waals surface area contributed by atoms with Gasteiger partial charge in [0.05, 0.1) is 0 Å². The SMILES string of the molecule is CC(O)(c1c(O)c(O)c(C(C)(O)C(F)(F)F)c2ccccc12)C(F)(F)F. The van der Waals surface area contributed by atoms with E-state index < -0.39 is 57.0 Å². The third-order valence-corrected chi connectivity index (χ3v) is 4.24. The van der Waals surface area contributed by atoms with Crippen LogP contribution in [0.4, 0.5) is 26.3 Å². The Morgan fingerprint density at radius 2 is 0.923 bits per heavy atom. The normalized spacial score (nSPS) is 17.8. The lowest BCUT2D eigenvalue weighted by molar-refractivity contribution is -0.260. The maximum Gasteiger partial charge on any atom is 0.421 e. The second-order valence-corrected chi connectivity index (χ2v) is 6.13. The third-order valence-electron chi connectivity index (χ3n) is 4.24. The molecular weight excluding hydrogens is 370 g/mol. The molecule has 0 radical (unpaired) electrons. The summed E-state index contributed by atoms with van der Waals surface area (Å²) in [5, 5.41) is 38.6. The van der Waals surface area contributed by atoms with Gasteiger partial charge in [-0.3, -0.25) is 0 Å². The smallest absolute Gasteiger partial charge is 0.421 e. The summed E-state index contributed by atoms with van der Waals surface area (Å²) >= 11 is 0. The number of benzene rings is 2. The van der Waals surface area contributed by atoms with Crippen LogP contribution in [0.5, 0.6) is 11.5 Å². The van der Waals surface area contributed by atoms with Gasteiger partial charge in [-0.25, -0.2) is 0 Å². The van der Waals surface area contributed by atoms with Crippen LogP contribution >= 0.6 is 0 Å². The summed E-state index contributed by atoms with van der Waals surface area (Å²) in [6, 6.07) is 4.20. The van der Waals surface area contributed by atoms with Gasteiger partial charge in [-0.15, -0.1) is 0 Å². The molecule has 0 saturated heterocycles. The van der Waals surface area contributed by atoms with Gasteiger partial charge in [0.25, 0.3) is 0 Å². The van der Waals surface area contributed by atoms with Crippen LogP contribution in [0.15, 0.2) is 24.3 Å². The van der Waals surface area contributed by atoms with E-state index >= 15 is 0 Å². The van der Waals surface area contributed by atoms with Gasteiger partial charge < -0.3 is 20.4 Å². The van der Waals surface area contributed by atoms with E-state index in [1.165, 1.54) is 12.1 Å². The van der Waals surface area contributed by atoms with Crippen LogP contribution in [0.1, 0.15) is 25.0 Å². The molecule has 0 aliphatic carbocycles. The Labute approximate surface area is 142 Å². The number of alkyl halides is 6. The molecule has 2 rings (SSSR count). The molecule has 2 aromatic rings. The third kappa shape index (κ3) is 2.73. The number of fused-ring (bicyclic) bond motifs is 1. The van der Waals surface area contributed by atoms with Crippen molar-refractivity contribution in [1.29, 1.82) is 0 Å². The van der Waals surface area contributed by atoms with Crippen molar-refractivity contribution in [1.82, 2.24) is 0 Å². The van der Waals surface area contributed by atoms with E-state index in [2.05, 4.69) is 0 Å². The molecule has 0 amide bonds. The van der Waals surface area contributed by atoms with Crippen molar-refractivity contribution in [3.05, 3.63) is 35.4 Å². The lowest BCUT2D eigenvalue weighted by Crippen LogP contribution is -2.41. The first-order valence-electron chi connectivity index (χ1n) is 7.11. The number of hydrogen-bond acceptors (Lipinski definition) is 4. The molecule has 0 aliphatic heterocycles. The summed E-state index contributed by atoms with van der Waals surface area (Å²) in [5.74, 6) is -3.21. The zero-order valence-electron chi connectivity index (χ0n) is 13.4. The molecule has 2 aromatic carbocycles. The highest BCUT2D eigenvalue weighted by molar-refractivity contribution is 5.95. The zero-order valence-corrected chi connectivity index (χ0v) is 13.4. The summed E-state index contributed by atoms with van der Waals surface area (Å²) in [6.07, 6.45) is -10.6. The van der Waals surface area contributed by atoms with E-state index in [0.29, 0.717) is 0 Å². The van der Waals surface area contributed by atoms with Crippen LogP contribution in [0, 0.1) is 0 Å². The summed E-state index contributed by atoms with van der Waals surface area (Å²) in [4.78, 5) is 0. The second kappa shape index (κ2) is 5.65. The summed E-state index contributed by atoms with van der Waals surface area (Å²) < 4.78 is 79.3. The lowest BCUT2D eigenvalue weighted by Gasteiger charge is -2.33. The van der Waals surface area contributed by atoms with Gasteiger partial charge >= 0.3 is 12.4 Å². The van der Waals surface area contributed by atoms with Crippen molar-refractivity contribution in [3.63, 3.8) is 0 Å². The Bertz CT molecular complexity index is 782. The fourth-order valence-corrected chi connectivity index (χ4v) is 2.68. The quantitative estimate of drug-likeness (QED) is 0.469. The zero-order chi connectivity index (χ0) is 20.3. The van der Waals surface area contributed by atoms with Gasteiger partial charge in [0.15, 0.2) is 22.7 Å². The van der Waals surface area contributed by atoms with Crippen LogP contribution < -0.4 is 0 Å². The van der Waals surface area contributed by atoms with Gasteiger partial charge in [-0.1, -0.05) is 24.3 Å². The molecule has 2 unspecified atom stereocenters. The van der Waals surface area contributed by atoms with Crippen LogP contribution in [0.3, 0.4) is 0 Å².